The normalized spacial score (nSPS) is 26.3. The third kappa shape index (κ3) is 5.69. The first-order valence-corrected chi connectivity index (χ1v) is 11.5. The van der Waals surface area contributed by atoms with Gasteiger partial charge in [-0.15, -0.1) is 0 Å². The standard InChI is InChI=1S/C20H30Cl2N10/c21-12-2-1-11(17(22)3-12)6-27-18-28-19(31-7-13(23)4-14(24)8-31)30-20(29-18)32-9-15(25)5-16(26)10-32/h1-3,13-16H,4-10,23-26H2,(H,27,28,29,30)/t13-,14+,15-,16+. The Morgan fingerprint density at radius 1 is 0.812 bits per heavy atom. The average Bonchev–Trinajstić information content (AvgIpc) is 2.71. The summed E-state index contributed by atoms with van der Waals surface area (Å²) in [6.07, 6.45) is 1.54. The topological polar surface area (TPSA) is 161 Å². The van der Waals surface area contributed by atoms with Crippen LogP contribution in [-0.4, -0.2) is 65.3 Å². The van der Waals surface area contributed by atoms with E-state index >= 15 is 0 Å². The van der Waals surface area contributed by atoms with E-state index in [9.17, 15) is 0 Å². The van der Waals surface area contributed by atoms with E-state index in [1.54, 1.807) is 12.1 Å². The number of hydrogen-bond acceptors (Lipinski definition) is 10. The first-order chi connectivity index (χ1) is 15.3. The van der Waals surface area contributed by atoms with Crippen molar-refractivity contribution in [3.63, 3.8) is 0 Å². The number of aromatic nitrogens is 3. The lowest BCUT2D eigenvalue weighted by molar-refractivity contribution is 0.441. The minimum atomic E-state index is -0.0416. The van der Waals surface area contributed by atoms with Crippen molar-refractivity contribution in [1.82, 2.24) is 15.0 Å². The van der Waals surface area contributed by atoms with Gasteiger partial charge in [-0.05, 0) is 30.5 Å². The molecular formula is C20H30Cl2N10. The largest absolute Gasteiger partial charge is 0.350 e. The van der Waals surface area contributed by atoms with Gasteiger partial charge in [0.25, 0.3) is 0 Å². The predicted molar refractivity (Wildman–Crippen MR) is 129 cm³/mol. The second-order valence-electron chi connectivity index (χ2n) is 8.67. The molecule has 2 aliphatic heterocycles. The molecule has 174 valence electrons. The first kappa shape index (κ1) is 23.2. The van der Waals surface area contributed by atoms with Crippen LogP contribution in [-0.2, 0) is 6.54 Å². The van der Waals surface area contributed by atoms with Crippen molar-refractivity contribution >= 4 is 41.0 Å². The molecular weight excluding hydrogens is 451 g/mol. The van der Waals surface area contributed by atoms with Crippen molar-refractivity contribution in [3.05, 3.63) is 33.8 Å². The molecule has 1 aromatic heterocycles. The van der Waals surface area contributed by atoms with Crippen molar-refractivity contribution < 1.29 is 0 Å². The third-order valence-corrected chi connectivity index (χ3v) is 6.25. The fraction of sp³-hybridized carbons (Fsp3) is 0.550. The molecule has 4 rings (SSSR count). The molecule has 4 atom stereocenters. The Bertz CT molecular complexity index is 880. The van der Waals surface area contributed by atoms with Crippen LogP contribution >= 0.6 is 23.2 Å². The monoisotopic (exact) mass is 480 g/mol. The van der Waals surface area contributed by atoms with Crippen LogP contribution in [0, 0.1) is 0 Å². The summed E-state index contributed by atoms with van der Waals surface area (Å²) < 4.78 is 0. The van der Waals surface area contributed by atoms with Crippen LogP contribution < -0.4 is 38.1 Å². The molecule has 12 heteroatoms. The highest BCUT2D eigenvalue weighted by atomic mass is 35.5. The Morgan fingerprint density at radius 2 is 1.31 bits per heavy atom. The molecule has 0 spiro atoms. The number of benzene rings is 1. The van der Waals surface area contributed by atoms with E-state index in [1.807, 2.05) is 15.9 Å². The van der Waals surface area contributed by atoms with E-state index in [0.29, 0.717) is 60.6 Å². The maximum Gasteiger partial charge on any atom is 0.232 e. The number of piperidine rings is 2. The molecule has 0 amide bonds. The summed E-state index contributed by atoms with van der Waals surface area (Å²) in [5.41, 5.74) is 25.7. The zero-order chi connectivity index (χ0) is 22.8. The maximum absolute atomic E-state index is 6.32. The Hall–Kier alpha value is -1.95. The molecule has 32 heavy (non-hydrogen) atoms. The van der Waals surface area contributed by atoms with Crippen LogP contribution in [0.15, 0.2) is 18.2 Å². The molecule has 0 radical (unpaired) electrons. The zero-order valence-electron chi connectivity index (χ0n) is 17.8. The van der Waals surface area contributed by atoms with E-state index in [-0.39, 0.29) is 24.2 Å². The van der Waals surface area contributed by atoms with Gasteiger partial charge in [0, 0.05) is 66.9 Å². The highest BCUT2D eigenvalue weighted by molar-refractivity contribution is 6.35. The van der Waals surface area contributed by atoms with Gasteiger partial charge in [0.1, 0.15) is 0 Å². The van der Waals surface area contributed by atoms with Gasteiger partial charge in [-0.3, -0.25) is 0 Å². The van der Waals surface area contributed by atoms with E-state index in [0.717, 1.165) is 18.4 Å². The van der Waals surface area contributed by atoms with Gasteiger partial charge in [-0.25, -0.2) is 0 Å². The van der Waals surface area contributed by atoms with Crippen molar-refractivity contribution in [2.75, 3.05) is 41.3 Å². The fourth-order valence-corrected chi connectivity index (χ4v) is 4.71. The fourth-order valence-electron chi connectivity index (χ4n) is 4.24. The average molecular weight is 481 g/mol. The zero-order valence-corrected chi connectivity index (χ0v) is 19.3. The molecule has 0 bridgehead atoms. The summed E-state index contributed by atoms with van der Waals surface area (Å²) in [4.78, 5) is 18.0. The van der Waals surface area contributed by atoms with Crippen molar-refractivity contribution in [2.45, 2.75) is 43.6 Å². The Labute approximate surface area is 197 Å². The number of anilines is 3. The molecule has 2 aliphatic rings. The van der Waals surface area contributed by atoms with Crippen molar-refractivity contribution in [3.8, 4) is 0 Å². The van der Waals surface area contributed by atoms with Crippen molar-refractivity contribution in [2.24, 2.45) is 22.9 Å². The summed E-state index contributed by atoms with van der Waals surface area (Å²) >= 11 is 12.3. The second-order valence-corrected chi connectivity index (χ2v) is 9.51. The molecule has 9 N–H and O–H groups in total. The molecule has 3 heterocycles. The molecule has 2 aromatic rings. The predicted octanol–water partition coefficient (Wildman–Crippen LogP) is 0.520. The quantitative estimate of drug-likeness (QED) is 0.407. The van der Waals surface area contributed by atoms with E-state index in [2.05, 4.69) is 15.3 Å². The molecule has 0 aliphatic carbocycles. The van der Waals surface area contributed by atoms with Gasteiger partial charge in [0.05, 0.1) is 0 Å². The highest BCUT2D eigenvalue weighted by Crippen LogP contribution is 2.24. The lowest BCUT2D eigenvalue weighted by Crippen LogP contribution is -2.54. The first-order valence-electron chi connectivity index (χ1n) is 10.7. The second kappa shape index (κ2) is 9.90. The van der Waals surface area contributed by atoms with Gasteiger partial charge in [-0.2, -0.15) is 15.0 Å². The van der Waals surface area contributed by atoms with Crippen LogP contribution in [0.4, 0.5) is 17.8 Å². The Kier molecular flexibility index (Phi) is 7.18. The lowest BCUT2D eigenvalue weighted by Gasteiger charge is -2.37. The summed E-state index contributed by atoms with van der Waals surface area (Å²) in [5.74, 6) is 1.48. The smallest absolute Gasteiger partial charge is 0.232 e. The number of halogens is 2. The van der Waals surface area contributed by atoms with Crippen LogP contribution in [0.5, 0.6) is 0 Å². The minimum Gasteiger partial charge on any atom is -0.350 e. The molecule has 2 saturated heterocycles. The van der Waals surface area contributed by atoms with Crippen LogP contribution in [0.25, 0.3) is 0 Å². The molecule has 0 unspecified atom stereocenters. The van der Waals surface area contributed by atoms with Gasteiger partial charge < -0.3 is 38.1 Å². The van der Waals surface area contributed by atoms with Crippen LogP contribution in [0.2, 0.25) is 10.0 Å². The van der Waals surface area contributed by atoms with E-state index in [4.69, 9.17) is 51.1 Å². The molecule has 10 nitrogen and oxygen atoms in total. The summed E-state index contributed by atoms with van der Waals surface area (Å²) in [5, 5.41) is 4.41. The minimum absolute atomic E-state index is 0.0416. The number of nitrogens with zero attached hydrogens (tertiary/aromatic N) is 5. The Balaban J connectivity index is 1.62. The van der Waals surface area contributed by atoms with Gasteiger partial charge in [0.15, 0.2) is 0 Å². The number of rotatable bonds is 5. The third-order valence-electron chi connectivity index (χ3n) is 5.66. The SMILES string of the molecule is N[C@@H]1C[C@H](N)CN(c2nc(NCc3ccc(Cl)cc3Cl)nc(N3C[C@H](N)C[C@H](N)C3)n2)C1. The Morgan fingerprint density at radius 3 is 1.78 bits per heavy atom. The summed E-state index contributed by atoms with van der Waals surface area (Å²) in [6.45, 7) is 2.92. The van der Waals surface area contributed by atoms with Crippen LogP contribution in [0.1, 0.15) is 18.4 Å². The lowest BCUT2D eigenvalue weighted by atomic mass is 10.0. The van der Waals surface area contributed by atoms with Gasteiger partial charge in [0.2, 0.25) is 17.8 Å². The summed E-state index contributed by atoms with van der Waals surface area (Å²) in [6, 6.07) is 5.20. The molecule has 2 fully saturated rings. The molecule has 0 saturated carbocycles. The van der Waals surface area contributed by atoms with Crippen LogP contribution in [0.3, 0.4) is 0 Å². The number of nitrogens with two attached hydrogens (primary N) is 4. The molecule has 1 aromatic carbocycles. The number of nitrogens with one attached hydrogen (secondary N) is 1. The van der Waals surface area contributed by atoms with E-state index < -0.39 is 0 Å². The maximum atomic E-state index is 6.32. The highest BCUT2D eigenvalue weighted by Gasteiger charge is 2.28. The number of hydrogen-bond donors (Lipinski definition) is 5. The van der Waals surface area contributed by atoms with Gasteiger partial charge in [-0.1, -0.05) is 29.3 Å². The van der Waals surface area contributed by atoms with Crippen molar-refractivity contribution in [1.29, 1.82) is 0 Å². The summed E-state index contributed by atoms with van der Waals surface area (Å²) in [7, 11) is 0. The van der Waals surface area contributed by atoms with E-state index in [1.165, 1.54) is 0 Å². The van der Waals surface area contributed by atoms with Gasteiger partial charge >= 0.3 is 0 Å².